The molecule has 2 unspecified atom stereocenters. The number of carboxylic acid groups (broad SMARTS) is 1. The van der Waals surface area contributed by atoms with Gasteiger partial charge in [-0.3, -0.25) is 4.79 Å². The summed E-state index contributed by atoms with van der Waals surface area (Å²) in [6.07, 6.45) is 21.4. The molecule has 0 aromatic rings. The van der Waals surface area contributed by atoms with Crippen molar-refractivity contribution in [1.82, 2.24) is 0 Å². The molecular weight excluding hydrogens is 312 g/mol. The van der Waals surface area contributed by atoms with Crippen molar-refractivity contribution in [3.05, 3.63) is 0 Å². The first-order valence-electron chi connectivity index (χ1n) is 10.8. The molecule has 0 aliphatic heterocycles. The molecule has 0 rings (SSSR count). The van der Waals surface area contributed by atoms with Crippen molar-refractivity contribution < 1.29 is 9.90 Å². The lowest BCUT2D eigenvalue weighted by Crippen LogP contribution is -2.29. The molecule has 2 atom stereocenters. The van der Waals surface area contributed by atoms with Gasteiger partial charge in [0.25, 0.3) is 0 Å². The summed E-state index contributed by atoms with van der Waals surface area (Å²) in [5, 5.41) is 8.70. The molecule has 4 heteroatoms. The Balaban J connectivity index is 3.06. The zero-order valence-corrected chi connectivity index (χ0v) is 16.7. The number of hydrogen-bond donors (Lipinski definition) is 3. The lowest BCUT2D eigenvalue weighted by molar-refractivity contribution is -0.138. The van der Waals surface area contributed by atoms with E-state index in [2.05, 4.69) is 6.92 Å². The van der Waals surface area contributed by atoms with Gasteiger partial charge in [0, 0.05) is 6.04 Å². The second-order valence-electron chi connectivity index (χ2n) is 7.80. The van der Waals surface area contributed by atoms with Crippen LogP contribution in [0.1, 0.15) is 116 Å². The maximum absolute atomic E-state index is 10.6. The Kier molecular flexibility index (Phi) is 17.7. The van der Waals surface area contributed by atoms with Crippen molar-refractivity contribution in [1.29, 1.82) is 0 Å². The topological polar surface area (TPSA) is 89.3 Å². The summed E-state index contributed by atoms with van der Waals surface area (Å²) >= 11 is 0. The fourth-order valence-corrected chi connectivity index (χ4v) is 3.25. The van der Waals surface area contributed by atoms with E-state index in [1.54, 1.807) is 0 Å². The molecule has 0 aromatic carbocycles. The number of unbranched alkanes of at least 4 members (excludes halogenated alkanes) is 14. The molecule has 0 aliphatic carbocycles. The minimum absolute atomic E-state index is 0.371. The normalized spacial score (nSPS) is 13.7. The van der Waals surface area contributed by atoms with E-state index in [1.807, 2.05) is 0 Å². The van der Waals surface area contributed by atoms with Crippen molar-refractivity contribution in [2.24, 2.45) is 11.5 Å². The third-order valence-electron chi connectivity index (χ3n) is 4.99. The first-order valence-corrected chi connectivity index (χ1v) is 10.8. The van der Waals surface area contributed by atoms with Crippen LogP contribution in [-0.4, -0.2) is 23.2 Å². The molecule has 0 aromatic heterocycles. The predicted octanol–water partition coefficient (Wildman–Crippen LogP) is 5.38. The van der Waals surface area contributed by atoms with Crippen molar-refractivity contribution in [2.45, 2.75) is 128 Å². The van der Waals surface area contributed by atoms with Gasteiger partial charge in [-0.1, -0.05) is 96.3 Å². The molecule has 0 heterocycles. The quantitative estimate of drug-likeness (QED) is 0.271. The van der Waals surface area contributed by atoms with Gasteiger partial charge >= 0.3 is 5.97 Å². The molecule has 0 aliphatic rings. The smallest absolute Gasteiger partial charge is 0.320 e. The van der Waals surface area contributed by atoms with Gasteiger partial charge < -0.3 is 16.6 Å². The molecule has 0 saturated heterocycles. The number of nitrogens with two attached hydrogens (primary N) is 2. The van der Waals surface area contributed by atoms with E-state index in [9.17, 15) is 4.79 Å². The standard InChI is InChI=1S/C21H44N2O2/c1-19(22)17-15-13-11-9-7-5-3-2-4-6-8-10-12-14-16-18-20(23)21(24)25/h19-20H,2-18,22-23H2,1H3,(H,24,25). The fourth-order valence-electron chi connectivity index (χ4n) is 3.25. The van der Waals surface area contributed by atoms with Gasteiger partial charge in [0.2, 0.25) is 0 Å². The van der Waals surface area contributed by atoms with E-state index in [4.69, 9.17) is 16.6 Å². The largest absolute Gasteiger partial charge is 0.480 e. The van der Waals surface area contributed by atoms with Gasteiger partial charge in [-0.05, 0) is 19.8 Å². The van der Waals surface area contributed by atoms with Gasteiger partial charge in [0.1, 0.15) is 6.04 Å². The Morgan fingerprint density at radius 1 is 0.640 bits per heavy atom. The summed E-state index contributed by atoms with van der Waals surface area (Å²) in [5.41, 5.74) is 11.2. The van der Waals surface area contributed by atoms with Gasteiger partial charge in [0.15, 0.2) is 0 Å². The van der Waals surface area contributed by atoms with E-state index in [1.165, 1.54) is 89.9 Å². The van der Waals surface area contributed by atoms with Crippen molar-refractivity contribution in [3.63, 3.8) is 0 Å². The lowest BCUT2D eigenvalue weighted by Gasteiger charge is -2.06. The number of rotatable bonds is 19. The van der Waals surface area contributed by atoms with E-state index in [-0.39, 0.29) is 0 Å². The molecule has 5 N–H and O–H groups in total. The highest BCUT2D eigenvalue weighted by Gasteiger charge is 2.09. The minimum Gasteiger partial charge on any atom is -0.480 e. The molecule has 4 nitrogen and oxygen atoms in total. The summed E-state index contributed by atoms with van der Waals surface area (Å²) in [6.45, 7) is 2.10. The Morgan fingerprint density at radius 2 is 0.920 bits per heavy atom. The van der Waals surface area contributed by atoms with E-state index in [0.717, 1.165) is 12.8 Å². The number of aliphatic carboxylic acids is 1. The highest BCUT2D eigenvalue weighted by molar-refractivity contribution is 5.72. The van der Waals surface area contributed by atoms with Crippen molar-refractivity contribution >= 4 is 5.97 Å². The monoisotopic (exact) mass is 356 g/mol. The van der Waals surface area contributed by atoms with Crippen LogP contribution in [0.4, 0.5) is 0 Å². The van der Waals surface area contributed by atoms with Crippen LogP contribution in [0.2, 0.25) is 0 Å². The van der Waals surface area contributed by atoms with Gasteiger partial charge in [-0.25, -0.2) is 0 Å². The molecule has 0 fully saturated rings. The summed E-state index contributed by atoms with van der Waals surface area (Å²) in [6, 6.07) is -0.301. The molecule has 150 valence electrons. The first kappa shape index (κ1) is 24.4. The molecule has 0 bridgehead atoms. The zero-order chi connectivity index (χ0) is 18.8. The highest BCUT2D eigenvalue weighted by Crippen LogP contribution is 2.14. The maximum atomic E-state index is 10.6. The van der Waals surface area contributed by atoms with Crippen LogP contribution < -0.4 is 11.5 Å². The Morgan fingerprint density at radius 3 is 1.20 bits per heavy atom. The van der Waals surface area contributed by atoms with Crippen LogP contribution in [0.25, 0.3) is 0 Å². The average molecular weight is 357 g/mol. The molecule has 25 heavy (non-hydrogen) atoms. The molecule has 0 radical (unpaired) electrons. The van der Waals surface area contributed by atoms with Crippen LogP contribution >= 0.6 is 0 Å². The highest BCUT2D eigenvalue weighted by atomic mass is 16.4. The zero-order valence-electron chi connectivity index (χ0n) is 16.7. The molecular formula is C21H44N2O2. The van der Waals surface area contributed by atoms with Crippen LogP contribution in [0.15, 0.2) is 0 Å². The molecule has 0 saturated carbocycles. The second kappa shape index (κ2) is 18.2. The Bertz CT molecular complexity index is 296. The SMILES string of the molecule is CC(N)CCCCCCCCCCCCCCCCCC(N)C(=O)O. The third-order valence-corrected chi connectivity index (χ3v) is 4.99. The van der Waals surface area contributed by atoms with Gasteiger partial charge in [-0.15, -0.1) is 0 Å². The average Bonchev–Trinajstić information content (AvgIpc) is 2.57. The summed E-state index contributed by atoms with van der Waals surface area (Å²) in [7, 11) is 0. The predicted molar refractivity (Wildman–Crippen MR) is 108 cm³/mol. The maximum Gasteiger partial charge on any atom is 0.320 e. The summed E-state index contributed by atoms with van der Waals surface area (Å²) < 4.78 is 0. The Hall–Kier alpha value is -0.610. The third kappa shape index (κ3) is 19.6. The minimum atomic E-state index is -0.874. The van der Waals surface area contributed by atoms with E-state index < -0.39 is 12.0 Å². The number of carboxylic acids is 1. The summed E-state index contributed by atoms with van der Waals surface area (Å²) in [5.74, 6) is -0.874. The molecule has 0 spiro atoms. The van der Waals surface area contributed by atoms with Crippen molar-refractivity contribution in [3.8, 4) is 0 Å². The van der Waals surface area contributed by atoms with Crippen LogP contribution in [0.5, 0.6) is 0 Å². The van der Waals surface area contributed by atoms with Gasteiger partial charge in [-0.2, -0.15) is 0 Å². The van der Waals surface area contributed by atoms with Crippen molar-refractivity contribution in [2.75, 3.05) is 0 Å². The number of hydrogen-bond acceptors (Lipinski definition) is 3. The van der Waals surface area contributed by atoms with Crippen LogP contribution in [0, 0.1) is 0 Å². The molecule has 0 amide bonds. The second-order valence-corrected chi connectivity index (χ2v) is 7.80. The van der Waals surface area contributed by atoms with Gasteiger partial charge in [0.05, 0.1) is 0 Å². The van der Waals surface area contributed by atoms with Crippen LogP contribution in [-0.2, 0) is 4.79 Å². The lowest BCUT2D eigenvalue weighted by atomic mass is 10.0. The van der Waals surface area contributed by atoms with E-state index >= 15 is 0 Å². The fraction of sp³-hybridized carbons (Fsp3) is 0.952. The number of carbonyl (C=O) groups is 1. The van der Waals surface area contributed by atoms with Crippen LogP contribution in [0.3, 0.4) is 0 Å². The summed E-state index contributed by atoms with van der Waals surface area (Å²) in [4.78, 5) is 10.6. The Labute approximate surface area is 156 Å². The first-order chi connectivity index (χ1) is 12.0. The van der Waals surface area contributed by atoms with E-state index in [0.29, 0.717) is 12.5 Å².